The molecular weight excluding hydrogens is 616 g/mol. The van der Waals surface area contributed by atoms with E-state index in [2.05, 4.69) is 13.8 Å². The molecule has 10 nitrogen and oxygen atoms in total. The second-order valence-corrected chi connectivity index (χ2v) is 13.7. The highest BCUT2D eigenvalue weighted by atomic mass is 16.5. The second-order valence-electron chi connectivity index (χ2n) is 13.7. The lowest BCUT2D eigenvalue weighted by atomic mass is 9.94. The van der Waals surface area contributed by atoms with Crippen LogP contribution in [0.15, 0.2) is 0 Å². The maximum atomic E-state index is 5.95. The molecular formula is C38H78O10. The summed E-state index contributed by atoms with van der Waals surface area (Å²) in [6, 6.07) is 0. The van der Waals surface area contributed by atoms with Crippen LogP contribution in [0.4, 0.5) is 0 Å². The summed E-state index contributed by atoms with van der Waals surface area (Å²) in [6.45, 7) is 5.12. The molecule has 9 unspecified atom stereocenters. The van der Waals surface area contributed by atoms with Crippen LogP contribution in [0, 0.1) is 5.92 Å². The standard InChI is InChI=1S/C38H78O10/c1-29(2)38(48-12)19-17-15-13-14-16-18-30(40-4)22-32(42-6)24-34(44-8)26-36(46-10)28-37(47-11)27-35(45-9)25-33(43-7)23-31(41-5)20-21-39-3/h29-38H,13-28H2,1-12H3. The van der Waals surface area contributed by atoms with E-state index >= 15 is 0 Å². The number of unbranched alkanes of at least 4 members (excludes halogenated alkanes) is 4. The highest BCUT2D eigenvalue weighted by Crippen LogP contribution is 2.25. The van der Waals surface area contributed by atoms with Gasteiger partial charge in [0.1, 0.15) is 0 Å². The molecule has 10 heteroatoms. The van der Waals surface area contributed by atoms with Crippen molar-refractivity contribution in [1.29, 1.82) is 0 Å². The van der Waals surface area contributed by atoms with Gasteiger partial charge in [0.15, 0.2) is 0 Å². The summed E-state index contributed by atoms with van der Waals surface area (Å²) in [4.78, 5) is 0. The Labute approximate surface area is 295 Å². The van der Waals surface area contributed by atoms with Crippen LogP contribution in [-0.4, -0.2) is 133 Å². The van der Waals surface area contributed by atoms with Crippen LogP contribution in [0.1, 0.15) is 110 Å². The molecule has 0 saturated heterocycles. The van der Waals surface area contributed by atoms with E-state index in [1.165, 1.54) is 32.1 Å². The quantitative estimate of drug-likeness (QED) is 0.0631. The monoisotopic (exact) mass is 695 g/mol. The summed E-state index contributed by atoms with van der Waals surface area (Å²) in [5, 5.41) is 0. The highest BCUT2D eigenvalue weighted by Gasteiger charge is 2.28. The highest BCUT2D eigenvalue weighted by molar-refractivity contribution is 4.79. The fourth-order valence-electron chi connectivity index (χ4n) is 6.67. The van der Waals surface area contributed by atoms with E-state index in [0.717, 1.165) is 64.2 Å². The zero-order valence-electron chi connectivity index (χ0n) is 33.2. The van der Waals surface area contributed by atoms with Crippen molar-refractivity contribution >= 4 is 0 Å². The molecule has 9 atom stereocenters. The van der Waals surface area contributed by atoms with Crippen LogP contribution in [0.25, 0.3) is 0 Å². The number of ether oxygens (including phenoxy) is 10. The van der Waals surface area contributed by atoms with Gasteiger partial charge < -0.3 is 47.4 Å². The molecule has 0 saturated carbocycles. The van der Waals surface area contributed by atoms with Gasteiger partial charge in [-0.15, -0.1) is 0 Å². The zero-order valence-corrected chi connectivity index (χ0v) is 33.2. The van der Waals surface area contributed by atoms with Crippen molar-refractivity contribution < 1.29 is 47.4 Å². The lowest BCUT2D eigenvalue weighted by Gasteiger charge is -2.30. The van der Waals surface area contributed by atoms with Gasteiger partial charge in [-0.1, -0.05) is 46.0 Å². The first kappa shape index (κ1) is 47.6. The molecule has 0 radical (unpaired) electrons. The smallest absolute Gasteiger partial charge is 0.0620 e. The number of rotatable bonds is 35. The molecule has 0 aromatic rings. The molecule has 0 spiro atoms. The van der Waals surface area contributed by atoms with Crippen LogP contribution in [0.5, 0.6) is 0 Å². The van der Waals surface area contributed by atoms with Gasteiger partial charge in [0.25, 0.3) is 0 Å². The Kier molecular flexibility index (Phi) is 31.1. The Morgan fingerprint density at radius 3 is 0.896 bits per heavy atom. The van der Waals surface area contributed by atoms with Crippen LogP contribution < -0.4 is 0 Å². The van der Waals surface area contributed by atoms with Crippen molar-refractivity contribution in [3.05, 3.63) is 0 Å². The average molecular weight is 695 g/mol. The summed E-state index contributed by atoms with van der Waals surface area (Å²) < 4.78 is 57.9. The van der Waals surface area contributed by atoms with E-state index in [1.54, 1.807) is 56.9 Å². The molecule has 0 bridgehead atoms. The van der Waals surface area contributed by atoms with Gasteiger partial charge in [-0.3, -0.25) is 0 Å². The van der Waals surface area contributed by atoms with Crippen LogP contribution in [0.2, 0.25) is 0 Å². The summed E-state index contributed by atoms with van der Waals surface area (Å²) in [7, 11) is 17.7. The minimum atomic E-state index is -0.0330. The van der Waals surface area contributed by atoms with Crippen molar-refractivity contribution in [3.63, 3.8) is 0 Å². The van der Waals surface area contributed by atoms with Crippen LogP contribution in [0.3, 0.4) is 0 Å². The Bertz CT molecular complexity index is 684. The molecule has 0 fully saturated rings. The summed E-state index contributed by atoms with van der Waals surface area (Å²) in [5.41, 5.74) is 0. The SMILES string of the molecule is COCCC(CC(CC(CC(CC(CC(CC(CC(CCCCCCCC(OC)C(C)C)OC)OC)OC)OC)OC)OC)OC)OC. The predicted octanol–water partition coefficient (Wildman–Crippen LogP) is 7.28. The number of methoxy groups -OCH3 is 10. The van der Waals surface area contributed by atoms with E-state index in [4.69, 9.17) is 47.4 Å². The lowest BCUT2D eigenvalue weighted by molar-refractivity contribution is -0.0572. The molecule has 48 heavy (non-hydrogen) atoms. The third kappa shape index (κ3) is 22.4. The maximum Gasteiger partial charge on any atom is 0.0620 e. The van der Waals surface area contributed by atoms with Gasteiger partial charge in [-0.05, 0) is 70.1 Å². The van der Waals surface area contributed by atoms with Crippen molar-refractivity contribution in [3.8, 4) is 0 Å². The zero-order chi connectivity index (χ0) is 36.2. The van der Waals surface area contributed by atoms with Crippen LogP contribution >= 0.6 is 0 Å². The molecule has 0 aliphatic carbocycles. The molecule has 0 N–H and O–H groups in total. The first-order chi connectivity index (χ1) is 23.2. The average Bonchev–Trinajstić information content (AvgIpc) is 3.10. The maximum absolute atomic E-state index is 5.95. The van der Waals surface area contributed by atoms with Gasteiger partial charge in [0.2, 0.25) is 0 Å². The summed E-state index contributed by atoms with van der Waals surface area (Å²) >= 11 is 0. The van der Waals surface area contributed by atoms with Crippen molar-refractivity contribution in [1.82, 2.24) is 0 Å². The third-order valence-corrected chi connectivity index (χ3v) is 10.1. The molecule has 0 aliphatic rings. The predicted molar refractivity (Wildman–Crippen MR) is 193 cm³/mol. The van der Waals surface area contributed by atoms with Gasteiger partial charge in [-0.25, -0.2) is 0 Å². The van der Waals surface area contributed by atoms with E-state index < -0.39 is 0 Å². The molecule has 0 amide bonds. The van der Waals surface area contributed by atoms with E-state index in [9.17, 15) is 0 Å². The third-order valence-electron chi connectivity index (χ3n) is 10.1. The normalized spacial score (nSPS) is 17.9. The Hall–Kier alpha value is -0.400. The summed E-state index contributed by atoms with van der Waals surface area (Å²) in [5.74, 6) is 0.576. The van der Waals surface area contributed by atoms with E-state index in [-0.39, 0.29) is 48.8 Å². The lowest BCUT2D eigenvalue weighted by Crippen LogP contribution is -2.33. The minimum Gasteiger partial charge on any atom is -0.385 e. The molecule has 290 valence electrons. The number of hydrogen-bond acceptors (Lipinski definition) is 10. The molecule has 0 aromatic carbocycles. The largest absolute Gasteiger partial charge is 0.385 e. The first-order valence-electron chi connectivity index (χ1n) is 18.4. The van der Waals surface area contributed by atoms with Crippen molar-refractivity contribution in [2.24, 2.45) is 5.92 Å². The van der Waals surface area contributed by atoms with Gasteiger partial charge >= 0.3 is 0 Å². The summed E-state index contributed by atoms with van der Waals surface area (Å²) in [6.07, 6.45) is 15.1. The van der Waals surface area contributed by atoms with Gasteiger partial charge in [0.05, 0.1) is 54.9 Å². The molecule has 0 aliphatic heterocycles. The van der Waals surface area contributed by atoms with E-state index in [0.29, 0.717) is 18.6 Å². The Morgan fingerprint density at radius 2 is 0.604 bits per heavy atom. The first-order valence-corrected chi connectivity index (χ1v) is 18.4. The van der Waals surface area contributed by atoms with E-state index in [1.807, 2.05) is 14.2 Å². The topological polar surface area (TPSA) is 92.3 Å². The van der Waals surface area contributed by atoms with Gasteiger partial charge in [-0.2, -0.15) is 0 Å². The van der Waals surface area contributed by atoms with Crippen molar-refractivity contribution in [2.75, 3.05) is 77.7 Å². The Balaban J connectivity index is 4.88. The van der Waals surface area contributed by atoms with Gasteiger partial charge in [0, 0.05) is 77.7 Å². The molecule has 0 aromatic heterocycles. The molecule has 0 rings (SSSR count). The number of hydrogen-bond donors (Lipinski definition) is 0. The molecule has 0 heterocycles. The van der Waals surface area contributed by atoms with Crippen LogP contribution in [-0.2, 0) is 47.4 Å². The minimum absolute atomic E-state index is 0.00847. The Morgan fingerprint density at radius 1 is 0.312 bits per heavy atom. The second kappa shape index (κ2) is 31.3. The fourth-order valence-corrected chi connectivity index (χ4v) is 6.67. The van der Waals surface area contributed by atoms with Crippen molar-refractivity contribution in [2.45, 2.75) is 165 Å². The fraction of sp³-hybridized carbons (Fsp3) is 1.00.